The summed E-state index contributed by atoms with van der Waals surface area (Å²) in [5, 5.41) is 13.2. The SMILES string of the molecule is Cc1ccc(S(=O)(=O)NCCC(=O)Nc2ccc([N+](=O)[O-])cc2Cl)cc1. The topological polar surface area (TPSA) is 118 Å². The summed E-state index contributed by atoms with van der Waals surface area (Å²) < 4.78 is 26.6. The third kappa shape index (κ3) is 5.25. The van der Waals surface area contributed by atoms with E-state index in [4.69, 9.17) is 11.6 Å². The summed E-state index contributed by atoms with van der Waals surface area (Å²) >= 11 is 5.89. The molecule has 0 fully saturated rings. The summed E-state index contributed by atoms with van der Waals surface area (Å²) in [6.07, 6.45) is -0.127. The minimum atomic E-state index is -3.70. The highest BCUT2D eigenvalue weighted by atomic mass is 35.5. The van der Waals surface area contributed by atoms with Gasteiger partial charge in [-0.3, -0.25) is 14.9 Å². The van der Waals surface area contributed by atoms with Crippen molar-refractivity contribution in [1.82, 2.24) is 4.72 Å². The average molecular weight is 398 g/mol. The Bertz CT molecular complexity index is 929. The fraction of sp³-hybridized carbons (Fsp3) is 0.188. The van der Waals surface area contributed by atoms with Gasteiger partial charge in [0.25, 0.3) is 5.69 Å². The van der Waals surface area contributed by atoms with E-state index in [0.29, 0.717) is 0 Å². The normalized spacial score (nSPS) is 11.2. The van der Waals surface area contributed by atoms with Crippen LogP contribution in [0.4, 0.5) is 11.4 Å². The number of halogens is 1. The second-order valence-corrected chi connectivity index (χ2v) is 7.60. The van der Waals surface area contributed by atoms with Crippen LogP contribution in [0.5, 0.6) is 0 Å². The smallest absolute Gasteiger partial charge is 0.271 e. The number of amides is 1. The van der Waals surface area contributed by atoms with Crippen LogP contribution in [0.15, 0.2) is 47.4 Å². The molecule has 0 aliphatic carbocycles. The minimum Gasteiger partial charge on any atom is -0.325 e. The summed E-state index contributed by atoms with van der Waals surface area (Å²) in [6, 6.07) is 9.96. The number of nitro groups is 1. The van der Waals surface area contributed by atoms with Gasteiger partial charge in [0.15, 0.2) is 0 Å². The quantitative estimate of drug-likeness (QED) is 0.550. The Hall–Kier alpha value is -2.49. The number of carbonyl (C=O) groups is 1. The average Bonchev–Trinajstić information content (AvgIpc) is 2.56. The van der Waals surface area contributed by atoms with Gasteiger partial charge in [-0.05, 0) is 25.1 Å². The van der Waals surface area contributed by atoms with Crippen LogP contribution >= 0.6 is 11.6 Å². The Morgan fingerprint density at radius 3 is 2.42 bits per heavy atom. The van der Waals surface area contributed by atoms with Crippen molar-refractivity contribution < 1.29 is 18.1 Å². The zero-order chi connectivity index (χ0) is 19.3. The van der Waals surface area contributed by atoms with Gasteiger partial charge in [0.05, 0.1) is 20.5 Å². The minimum absolute atomic E-state index is 0.0211. The Morgan fingerprint density at radius 2 is 1.85 bits per heavy atom. The van der Waals surface area contributed by atoms with Gasteiger partial charge >= 0.3 is 0 Å². The van der Waals surface area contributed by atoms with Crippen LogP contribution in [0.2, 0.25) is 5.02 Å². The Labute approximate surface area is 155 Å². The van der Waals surface area contributed by atoms with Crippen molar-refractivity contribution in [1.29, 1.82) is 0 Å². The van der Waals surface area contributed by atoms with E-state index < -0.39 is 20.9 Å². The first-order valence-corrected chi connectivity index (χ1v) is 9.35. The highest BCUT2D eigenvalue weighted by Gasteiger charge is 2.15. The molecule has 0 heterocycles. The Kier molecular flexibility index (Phi) is 6.30. The number of hydrogen-bond donors (Lipinski definition) is 2. The third-order valence-corrected chi connectivity index (χ3v) is 5.20. The van der Waals surface area contributed by atoms with E-state index in [1.54, 1.807) is 12.1 Å². The first-order chi connectivity index (χ1) is 12.2. The first-order valence-electron chi connectivity index (χ1n) is 7.49. The number of nitrogens with one attached hydrogen (secondary N) is 2. The number of non-ortho nitro benzene ring substituents is 1. The molecule has 0 unspecified atom stereocenters. The van der Waals surface area contributed by atoms with Crippen molar-refractivity contribution >= 4 is 38.9 Å². The van der Waals surface area contributed by atoms with Crippen LogP contribution in [0.25, 0.3) is 0 Å². The Morgan fingerprint density at radius 1 is 1.19 bits per heavy atom. The molecule has 0 atom stereocenters. The van der Waals surface area contributed by atoms with Crippen molar-refractivity contribution in [3.05, 3.63) is 63.2 Å². The summed E-state index contributed by atoms with van der Waals surface area (Å²) in [5.41, 5.74) is 0.950. The van der Waals surface area contributed by atoms with Gasteiger partial charge in [0.1, 0.15) is 0 Å². The van der Waals surface area contributed by atoms with Crippen molar-refractivity contribution in [3.8, 4) is 0 Å². The van der Waals surface area contributed by atoms with Gasteiger partial charge in [0.2, 0.25) is 15.9 Å². The molecule has 0 saturated carbocycles. The van der Waals surface area contributed by atoms with Crippen molar-refractivity contribution in [2.24, 2.45) is 0 Å². The largest absolute Gasteiger partial charge is 0.325 e. The lowest BCUT2D eigenvalue weighted by Gasteiger charge is -2.09. The Balaban J connectivity index is 1.91. The highest BCUT2D eigenvalue weighted by molar-refractivity contribution is 7.89. The summed E-state index contributed by atoms with van der Waals surface area (Å²) in [6.45, 7) is 1.74. The number of anilines is 1. The maximum Gasteiger partial charge on any atom is 0.271 e. The molecule has 2 aromatic rings. The number of benzene rings is 2. The molecule has 138 valence electrons. The maximum absolute atomic E-state index is 12.1. The number of aryl methyl sites for hydroxylation is 1. The standard InChI is InChI=1S/C16H16ClN3O5S/c1-11-2-5-13(6-3-11)26(24,25)18-9-8-16(21)19-15-7-4-12(20(22)23)10-14(15)17/h2-7,10,18H,8-9H2,1H3,(H,19,21). The molecule has 0 aliphatic rings. The van der Waals surface area contributed by atoms with Crippen LogP contribution in [0, 0.1) is 17.0 Å². The van der Waals surface area contributed by atoms with E-state index in [-0.39, 0.29) is 34.3 Å². The highest BCUT2D eigenvalue weighted by Crippen LogP contribution is 2.26. The molecular formula is C16H16ClN3O5S. The van der Waals surface area contributed by atoms with E-state index in [1.807, 2.05) is 6.92 Å². The molecule has 26 heavy (non-hydrogen) atoms. The van der Waals surface area contributed by atoms with Crippen molar-refractivity contribution in [2.75, 3.05) is 11.9 Å². The van der Waals surface area contributed by atoms with Crippen LogP contribution in [0.1, 0.15) is 12.0 Å². The van der Waals surface area contributed by atoms with Gasteiger partial charge in [-0.2, -0.15) is 0 Å². The van der Waals surface area contributed by atoms with Crippen molar-refractivity contribution in [3.63, 3.8) is 0 Å². The maximum atomic E-state index is 12.1. The first kappa shape index (κ1) is 19.8. The molecule has 0 radical (unpaired) electrons. The van der Waals surface area contributed by atoms with Gasteiger partial charge < -0.3 is 5.32 Å². The number of nitrogens with zero attached hydrogens (tertiary/aromatic N) is 1. The fourth-order valence-corrected chi connectivity index (χ4v) is 3.29. The molecule has 1 amide bonds. The fourth-order valence-electron chi connectivity index (χ4n) is 2.03. The van der Waals surface area contributed by atoms with Crippen LogP contribution in [-0.2, 0) is 14.8 Å². The number of nitro benzene ring substituents is 1. The summed E-state index contributed by atoms with van der Waals surface area (Å²) in [5.74, 6) is -0.479. The molecule has 8 nitrogen and oxygen atoms in total. The summed E-state index contributed by atoms with van der Waals surface area (Å²) in [7, 11) is -3.70. The lowest BCUT2D eigenvalue weighted by molar-refractivity contribution is -0.384. The van der Waals surface area contributed by atoms with Gasteiger partial charge in [-0.1, -0.05) is 29.3 Å². The molecule has 10 heteroatoms. The van der Waals surface area contributed by atoms with Gasteiger partial charge in [-0.25, -0.2) is 13.1 Å². The van der Waals surface area contributed by atoms with E-state index in [0.717, 1.165) is 11.6 Å². The van der Waals surface area contributed by atoms with Crippen LogP contribution < -0.4 is 10.0 Å². The number of carbonyl (C=O) groups excluding carboxylic acids is 1. The van der Waals surface area contributed by atoms with E-state index >= 15 is 0 Å². The zero-order valence-electron chi connectivity index (χ0n) is 13.7. The number of sulfonamides is 1. The van der Waals surface area contributed by atoms with Gasteiger partial charge in [-0.15, -0.1) is 0 Å². The molecule has 0 bridgehead atoms. The second-order valence-electron chi connectivity index (χ2n) is 5.43. The monoisotopic (exact) mass is 397 g/mol. The second kappa shape index (κ2) is 8.26. The van der Waals surface area contributed by atoms with Gasteiger partial charge in [0, 0.05) is 25.1 Å². The zero-order valence-corrected chi connectivity index (χ0v) is 15.3. The molecule has 2 N–H and O–H groups in total. The predicted octanol–water partition coefficient (Wildman–Crippen LogP) is 2.86. The molecule has 2 rings (SSSR count). The molecular weight excluding hydrogens is 382 g/mol. The molecule has 0 spiro atoms. The number of rotatable bonds is 7. The van der Waals surface area contributed by atoms with Crippen LogP contribution in [0.3, 0.4) is 0 Å². The lowest BCUT2D eigenvalue weighted by Crippen LogP contribution is -2.27. The summed E-state index contributed by atoms with van der Waals surface area (Å²) in [4.78, 5) is 22.1. The third-order valence-electron chi connectivity index (χ3n) is 3.41. The molecule has 0 saturated heterocycles. The van der Waals surface area contributed by atoms with E-state index in [1.165, 1.54) is 24.3 Å². The number of hydrogen-bond acceptors (Lipinski definition) is 5. The van der Waals surface area contributed by atoms with E-state index in [2.05, 4.69) is 10.0 Å². The molecule has 0 aliphatic heterocycles. The van der Waals surface area contributed by atoms with Crippen molar-refractivity contribution in [2.45, 2.75) is 18.2 Å². The molecule has 0 aromatic heterocycles. The van der Waals surface area contributed by atoms with E-state index in [9.17, 15) is 23.3 Å². The lowest BCUT2D eigenvalue weighted by atomic mass is 10.2. The predicted molar refractivity (Wildman–Crippen MR) is 97.7 cm³/mol. The van der Waals surface area contributed by atoms with Crippen LogP contribution in [-0.4, -0.2) is 25.8 Å². The molecule has 2 aromatic carbocycles.